The molecular weight excluding hydrogens is 239 g/mol. The van der Waals surface area contributed by atoms with Crippen LogP contribution in [0.1, 0.15) is 0 Å². The molecule has 0 spiro atoms. The molecule has 0 unspecified atom stereocenters. The third kappa shape index (κ3) is 2.37. The molecule has 0 fully saturated rings. The summed E-state index contributed by atoms with van der Waals surface area (Å²) in [5.41, 5.74) is 1.16. The first-order valence-electron chi connectivity index (χ1n) is 5.24. The lowest BCUT2D eigenvalue weighted by Gasteiger charge is -2.06. The molecule has 2 aromatic rings. The van der Waals surface area contributed by atoms with Crippen molar-refractivity contribution in [1.29, 1.82) is 0 Å². The minimum Gasteiger partial charge on any atom is -0.360 e. The van der Waals surface area contributed by atoms with Crippen molar-refractivity contribution in [3.8, 4) is 11.1 Å². The Labute approximate surface area is 103 Å². The topological polar surface area (TPSA) is 12.0 Å². The summed E-state index contributed by atoms with van der Waals surface area (Å²) in [5, 5.41) is 2.63. The molecule has 0 bridgehead atoms. The van der Waals surface area contributed by atoms with Crippen molar-refractivity contribution < 1.29 is 13.2 Å². The van der Waals surface area contributed by atoms with Gasteiger partial charge in [0.05, 0.1) is 5.69 Å². The smallest absolute Gasteiger partial charge is 0.159 e. The van der Waals surface area contributed by atoms with Crippen LogP contribution in [0.5, 0.6) is 0 Å². The maximum Gasteiger partial charge on any atom is 0.159 e. The Morgan fingerprint density at radius 3 is 2.00 bits per heavy atom. The molecule has 0 aliphatic rings. The van der Waals surface area contributed by atoms with Gasteiger partial charge in [0.15, 0.2) is 11.6 Å². The van der Waals surface area contributed by atoms with E-state index in [1.807, 2.05) is 0 Å². The lowest BCUT2D eigenvalue weighted by atomic mass is 10.0. The Kier molecular flexibility index (Phi) is 3.37. The molecule has 4 heteroatoms. The maximum atomic E-state index is 13.6. The van der Waals surface area contributed by atoms with E-state index in [1.165, 1.54) is 24.4 Å². The molecule has 0 aliphatic carbocycles. The number of hydrogen-bond acceptors (Lipinski definition) is 1. The number of nitrogens with one attached hydrogen (secondary N) is 1. The zero-order valence-corrected chi connectivity index (χ0v) is 9.38. The number of rotatable bonds is 3. The van der Waals surface area contributed by atoms with Gasteiger partial charge in [-0.05, 0) is 41.6 Å². The van der Waals surface area contributed by atoms with Gasteiger partial charge in [-0.25, -0.2) is 13.2 Å². The first kappa shape index (κ1) is 12.2. The first-order valence-corrected chi connectivity index (χ1v) is 5.24. The summed E-state index contributed by atoms with van der Waals surface area (Å²) in [6, 6.07) is 7.81. The Bertz CT molecular complexity index is 594. The van der Waals surface area contributed by atoms with Gasteiger partial charge in [-0.3, -0.25) is 0 Å². The number of anilines is 1. The molecule has 0 aliphatic heterocycles. The largest absolute Gasteiger partial charge is 0.360 e. The fourth-order valence-electron chi connectivity index (χ4n) is 1.60. The third-order valence-electron chi connectivity index (χ3n) is 2.48. The third-order valence-corrected chi connectivity index (χ3v) is 2.48. The normalized spacial score (nSPS) is 10.2. The molecule has 0 saturated carbocycles. The summed E-state index contributed by atoms with van der Waals surface area (Å²) < 4.78 is 39.5. The SMILES string of the molecule is C=CNc1ccc(-c2ccc(F)c(F)c2)cc1F. The number of halogens is 3. The molecule has 0 saturated heterocycles. The lowest BCUT2D eigenvalue weighted by molar-refractivity contribution is 0.509. The minimum absolute atomic E-state index is 0.274. The van der Waals surface area contributed by atoms with Crippen LogP contribution in [0.2, 0.25) is 0 Å². The first-order chi connectivity index (χ1) is 8.61. The molecule has 0 amide bonds. The minimum atomic E-state index is -0.957. The molecule has 0 atom stereocenters. The molecule has 2 rings (SSSR count). The predicted molar refractivity (Wildman–Crippen MR) is 65.6 cm³/mol. The fourth-order valence-corrected chi connectivity index (χ4v) is 1.60. The summed E-state index contributed by atoms with van der Waals surface area (Å²) in [5.74, 6) is -2.37. The highest BCUT2D eigenvalue weighted by molar-refractivity contribution is 5.66. The van der Waals surface area contributed by atoms with Crippen LogP contribution in [0.4, 0.5) is 18.9 Å². The van der Waals surface area contributed by atoms with Crippen molar-refractivity contribution in [3.63, 3.8) is 0 Å². The van der Waals surface area contributed by atoms with E-state index in [4.69, 9.17) is 0 Å². The lowest BCUT2D eigenvalue weighted by Crippen LogP contribution is -1.92. The Morgan fingerprint density at radius 2 is 1.44 bits per heavy atom. The van der Waals surface area contributed by atoms with Gasteiger partial charge in [-0.2, -0.15) is 0 Å². The van der Waals surface area contributed by atoms with E-state index in [0.29, 0.717) is 11.1 Å². The molecule has 2 aromatic carbocycles. The van der Waals surface area contributed by atoms with Gasteiger partial charge in [-0.1, -0.05) is 18.7 Å². The maximum absolute atomic E-state index is 13.6. The van der Waals surface area contributed by atoms with E-state index < -0.39 is 17.5 Å². The van der Waals surface area contributed by atoms with Crippen LogP contribution in [0.15, 0.2) is 49.2 Å². The molecule has 1 nitrogen and oxygen atoms in total. The van der Waals surface area contributed by atoms with E-state index in [9.17, 15) is 13.2 Å². The van der Waals surface area contributed by atoms with E-state index >= 15 is 0 Å². The van der Waals surface area contributed by atoms with E-state index in [2.05, 4.69) is 11.9 Å². The van der Waals surface area contributed by atoms with Gasteiger partial charge >= 0.3 is 0 Å². The Balaban J connectivity index is 2.42. The molecule has 18 heavy (non-hydrogen) atoms. The van der Waals surface area contributed by atoms with Crippen molar-refractivity contribution in [2.75, 3.05) is 5.32 Å². The summed E-state index contributed by atoms with van der Waals surface area (Å²) >= 11 is 0. The fraction of sp³-hybridized carbons (Fsp3) is 0. The van der Waals surface area contributed by atoms with E-state index in [0.717, 1.165) is 12.1 Å². The van der Waals surface area contributed by atoms with Crippen LogP contribution >= 0.6 is 0 Å². The van der Waals surface area contributed by atoms with Crippen LogP contribution in [-0.4, -0.2) is 0 Å². The zero-order chi connectivity index (χ0) is 13.1. The van der Waals surface area contributed by atoms with Gasteiger partial charge in [0.2, 0.25) is 0 Å². The highest BCUT2D eigenvalue weighted by atomic mass is 19.2. The highest BCUT2D eigenvalue weighted by Crippen LogP contribution is 2.25. The van der Waals surface area contributed by atoms with Gasteiger partial charge in [0.1, 0.15) is 5.82 Å². The molecular formula is C14H10F3N. The Morgan fingerprint density at radius 1 is 0.833 bits per heavy atom. The number of benzene rings is 2. The van der Waals surface area contributed by atoms with Crippen molar-refractivity contribution in [1.82, 2.24) is 0 Å². The second kappa shape index (κ2) is 4.96. The average molecular weight is 249 g/mol. The van der Waals surface area contributed by atoms with Gasteiger partial charge in [0, 0.05) is 0 Å². The van der Waals surface area contributed by atoms with Gasteiger partial charge in [-0.15, -0.1) is 0 Å². The molecule has 0 heterocycles. The van der Waals surface area contributed by atoms with Crippen molar-refractivity contribution in [2.24, 2.45) is 0 Å². The summed E-state index contributed by atoms with van der Waals surface area (Å²) in [6.07, 6.45) is 1.36. The molecule has 1 N–H and O–H groups in total. The molecule has 0 aromatic heterocycles. The predicted octanol–water partition coefficient (Wildman–Crippen LogP) is 4.33. The molecule has 92 valence electrons. The second-order valence-corrected chi connectivity index (χ2v) is 3.67. The standard InChI is InChI=1S/C14H10F3N/c1-2-18-14-6-4-10(8-13(14)17)9-3-5-11(15)12(16)7-9/h2-8,18H,1H2. The monoisotopic (exact) mass is 249 g/mol. The van der Waals surface area contributed by atoms with Crippen molar-refractivity contribution in [2.45, 2.75) is 0 Å². The quantitative estimate of drug-likeness (QED) is 0.853. The highest BCUT2D eigenvalue weighted by Gasteiger charge is 2.07. The van der Waals surface area contributed by atoms with Crippen LogP contribution in [0.3, 0.4) is 0 Å². The average Bonchev–Trinajstić information content (AvgIpc) is 2.35. The summed E-state index contributed by atoms with van der Waals surface area (Å²) in [6.45, 7) is 3.43. The zero-order valence-electron chi connectivity index (χ0n) is 9.38. The van der Waals surface area contributed by atoms with Crippen LogP contribution < -0.4 is 5.32 Å². The van der Waals surface area contributed by atoms with Crippen molar-refractivity contribution in [3.05, 3.63) is 66.6 Å². The van der Waals surface area contributed by atoms with E-state index in [1.54, 1.807) is 6.07 Å². The van der Waals surface area contributed by atoms with Gasteiger partial charge in [0.25, 0.3) is 0 Å². The van der Waals surface area contributed by atoms with Crippen LogP contribution in [0, 0.1) is 17.5 Å². The number of hydrogen-bond donors (Lipinski definition) is 1. The van der Waals surface area contributed by atoms with Gasteiger partial charge < -0.3 is 5.32 Å². The summed E-state index contributed by atoms with van der Waals surface area (Å²) in [4.78, 5) is 0. The van der Waals surface area contributed by atoms with Crippen molar-refractivity contribution >= 4 is 5.69 Å². The molecule has 0 radical (unpaired) electrons. The second-order valence-electron chi connectivity index (χ2n) is 3.67. The summed E-state index contributed by atoms with van der Waals surface area (Å²) in [7, 11) is 0. The Hall–Kier alpha value is -2.23. The van der Waals surface area contributed by atoms with Crippen LogP contribution in [-0.2, 0) is 0 Å². The van der Waals surface area contributed by atoms with E-state index in [-0.39, 0.29) is 5.69 Å². The van der Waals surface area contributed by atoms with Crippen LogP contribution in [0.25, 0.3) is 11.1 Å².